The van der Waals surface area contributed by atoms with Crippen LogP contribution in [0.25, 0.3) is 0 Å². The molecule has 1 N–H and O–H groups in total. The van der Waals surface area contributed by atoms with Crippen LogP contribution in [0.4, 0.5) is 0 Å². The van der Waals surface area contributed by atoms with Gasteiger partial charge in [-0.1, -0.05) is 0 Å². The SMILES string of the molecule is CC(=O)N[C@H]1[C@H](OC(C)=O)O[C@H](C)[C@@H](OC(C)=O)[C@@H]1OC(C)=O. The fraction of sp³-hybridized carbons (Fsp3) is 0.714. The number of rotatable bonds is 4. The topological polar surface area (TPSA) is 117 Å². The van der Waals surface area contributed by atoms with Gasteiger partial charge in [0.1, 0.15) is 6.04 Å². The van der Waals surface area contributed by atoms with Crippen molar-refractivity contribution >= 4 is 23.8 Å². The summed E-state index contributed by atoms with van der Waals surface area (Å²) in [4.78, 5) is 45.3. The van der Waals surface area contributed by atoms with Crippen LogP contribution in [0.15, 0.2) is 0 Å². The predicted octanol–water partition coefficient (Wildman–Crippen LogP) is -0.338. The molecule has 1 heterocycles. The fourth-order valence-electron chi connectivity index (χ4n) is 2.34. The third kappa shape index (κ3) is 5.51. The van der Waals surface area contributed by atoms with Gasteiger partial charge in [-0.25, -0.2) is 0 Å². The number of hydrogen-bond acceptors (Lipinski definition) is 8. The van der Waals surface area contributed by atoms with E-state index in [4.69, 9.17) is 18.9 Å². The maximum absolute atomic E-state index is 11.4. The molecule has 0 saturated carbocycles. The zero-order valence-electron chi connectivity index (χ0n) is 13.7. The lowest BCUT2D eigenvalue weighted by molar-refractivity contribution is -0.261. The van der Waals surface area contributed by atoms with Gasteiger partial charge in [-0.05, 0) is 6.92 Å². The first-order valence-electron chi connectivity index (χ1n) is 7.06. The lowest BCUT2D eigenvalue weighted by atomic mass is 9.96. The van der Waals surface area contributed by atoms with Crippen molar-refractivity contribution in [2.45, 2.75) is 65.3 Å². The van der Waals surface area contributed by atoms with Crippen molar-refractivity contribution in [3.8, 4) is 0 Å². The Labute approximate surface area is 133 Å². The van der Waals surface area contributed by atoms with Gasteiger partial charge in [-0.3, -0.25) is 19.2 Å². The first-order chi connectivity index (χ1) is 10.6. The first kappa shape index (κ1) is 18.9. The zero-order chi connectivity index (χ0) is 17.7. The van der Waals surface area contributed by atoms with Gasteiger partial charge >= 0.3 is 17.9 Å². The van der Waals surface area contributed by atoms with Crippen LogP contribution < -0.4 is 5.32 Å². The minimum Gasteiger partial charge on any atom is -0.456 e. The lowest BCUT2D eigenvalue weighted by Crippen LogP contribution is -2.65. The van der Waals surface area contributed by atoms with Crippen molar-refractivity contribution in [2.75, 3.05) is 0 Å². The van der Waals surface area contributed by atoms with Gasteiger partial charge in [0.2, 0.25) is 12.2 Å². The molecular formula is C14H21NO8. The average Bonchev–Trinajstić information content (AvgIpc) is 2.36. The molecule has 0 bridgehead atoms. The minimum atomic E-state index is -1.18. The van der Waals surface area contributed by atoms with Crippen LogP contribution in [0, 0.1) is 0 Å². The molecule has 9 nitrogen and oxygen atoms in total. The number of esters is 3. The quantitative estimate of drug-likeness (QED) is 0.549. The molecule has 1 amide bonds. The standard InChI is InChI=1S/C14H21NO8/c1-6-12(21-8(3)17)13(22-9(4)18)11(15-7(2)16)14(20-6)23-10(5)19/h6,11-14H,1-5H3,(H,15,16)/t6-,11-,12-,13-,14+/m1/s1. The van der Waals surface area contributed by atoms with Crippen LogP contribution in [-0.2, 0) is 38.1 Å². The molecule has 9 heteroatoms. The van der Waals surface area contributed by atoms with E-state index in [-0.39, 0.29) is 0 Å². The van der Waals surface area contributed by atoms with E-state index in [1.807, 2.05) is 0 Å². The summed E-state index contributed by atoms with van der Waals surface area (Å²) < 4.78 is 20.9. The number of amides is 1. The van der Waals surface area contributed by atoms with E-state index in [0.29, 0.717) is 0 Å². The second-order valence-corrected chi connectivity index (χ2v) is 5.19. The van der Waals surface area contributed by atoms with E-state index >= 15 is 0 Å². The van der Waals surface area contributed by atoms with Gasteiger partial charge in [0, 0.05) is 27.7 Å². The molecule has 0 unspecified atom stereocenters. The summed E-state index contributed by atoms with van der Waals surface area (Å²) in [5, 5.41) is 2.51. The molecule has 5 atom stereocenters. The van der Waals surface area contributed by atoms with Crippen LogP contribution in [0.5, 0.6) is 0 Å². The Kier molecular flexibility index (Phi) is 6.49. The Hall–Kier alpha value is -2.16. The molecule has 1 aliphatic rings. The summed E-state index contributed by atoms with van der Waals surface area (Å²) in [6, 6.07) is -1.01. The maximum Gasteiger partial charge on any atom is 0.305 e. The number of ether oxygens (including phenoxy) is 4. The van der Waals surface area contributed by atoms with E-state index in [1.165, 1.54) is 27.7 Å². The number of nitrogens with one attached hydrogen (secondary N) is 1. The van der Waals surface area contributed by atoms with E-state index in [9.17, 15) is 19.2 Å². The Morgan fingerprint density at radius 1 is 0.826 bits per heavy atom. The average molecular weight is 331 g/mol. The molecule has 0 aromatic heterocycles. The van der Waals surface area contributed by atoms with Crippen LogP contribution in [0.2, 0.25) is 0 Å². The number of carbonyl (C=O) groups excluding carboxylic acids is 4. The molecule has 1 saturated heterocycles. The summed E-state index contributed by atoms with van der Waals surface area (Å²) in [6.45, 7) is 6.37. The number of carbonyl (C=O) groups is 4. The molecule has 23 heavy (non-hydrogen) atoms. The summed E-state index contributed by atoms with van der Waals surface area (Å²) in [6.07, 6.45) is -3.92. The molecular weight excluding hydrogens is 310 g/mol. The molecule has 0 aromatic carbocycles. The monoisotopic (exact) mass is 331 g/mol. The van der Waals surface area contributed by atoms with Crippen molar-refractivity contribution in [2.24, 2.45) is 0 Å². The van der Waals surface area contributed by atoms with E-state index in [1.54, 1.807) is 6.92 Å². The molecule has 0 aromatic rings. The molecule has 0 radical (unpaired) electrons. The highest BCUT2D eigenvalue weighted by molar-refractivity contribution is 5.74. The lowest BCUT2D eigenvalue weighted by Gasteiger charge is -2.43. The van der Waals surface area contributed by atoms with E-state index in [2.05, 4.69) is 5.32 Å². The third-order valence-electron chi connectivity index (χ3n) is 3.04. The predicted molar refractivity (Wildman–Crippen MR) is 74.8 cm³/mol. The molecule has 130 valence electrons. The summed E-state index contributed by atoms with van der Waals surface area (Å²) in [7, 11) is 0. The highest BCUT2D eigenvalue weighted by Crippen LogP contribution is 2.27. The minimum absolute atomic E-state index is 0.455. The molecule has 0 spiro atoms. The summed E-state index contributed by atoms with van der Waals surface area (Å²) >= 11 is 0. The second kappa shape index (κ2) is 7.91. The van der Waals surface area contributed by atoms with E-state index < -0.39 is 54.5 Å². The molecule has 0 aliphatic carbocycles. The largest absolute Gasteiger partial charge is 0.456 e. The van der Waals surface area contributed by atoms with E-state index in [0.717, 1.165) is 0 Å². The van der Waals surface area contributed by atoms with Gasteiger partial charge in [-0.2, -0.15) is 0 Å². The van der Waals surface area contributed by atoms with Crippen LogP contribution in [0.3, 0.4) is 0 Å². The van der Waals surface area contributed by atoms with Gasteiger partial charge in [-0.15, -0.1) is 0 Å². The molecule has 1 fully saturated rings. The Balaban J connectivity index is 3.15. The van der Waals surface area contributed by atoms with Crippen LogP contribution in [-0.4, -0.2) is 54.5 Å². The van der Waals surface area contributed by atoms with Crippen molar-refractivity contribution in [3.63, 3.8) is 0 Å². The maximum atomic E-state index is 11.4. The zero-order valence-corrected chi connectivity index (χ0v) is 13.7. The fourth-order valence-corrected chi connectivity index (χ4v) is 2.34. The van der Waals surface area contributed by atoms with Crippen LogP contribution >= 0.6 is 0 Å². The van der Waals surface area contributed by atoms with Gasteiger partial charge in [0.15, 0.2) is 12.2 Å². The number of hydrogen-bond donors (Lipinski definition) is 1. The highest BCUT2D eigenvalue weighted by Gasteiger charge is 2.50. The summed E-state index contributed by atoms with van der Waals surface area (Å²) in [5.74, 6) is -2.33. The molecule has 1 aliphatic heterocycles. The second-order valence-electron chi connectivity index (χ2n) is 5.19. The van der Waals surface area contributed by atoms with Gasteiger partial charge < -0.3 is 24.3 Å². The Bertz CT molecular complexity index is 491. The first-order valence-corrected chi connectivity index (χ1v) is 7.06. The van der Waals surface area contributed by atoms with Crippen molar-refractivity contribution in [1.82, 2.24) is 5.32 Å². The van der Waals surface area contributed by atoms with Crippen LogP contribution in [0.1, 0.15) is 34.6 Å². The van der Waals surface area contributed by atoms with Crippen molar-refractivity contribution in [3.05, 3.63) is 0 Å². The summed E-state index contributed by atoms with van der Waals surface area (Å²) in [5.41, 5.74) is 0. The Morgan fingerprint density at radius 3 is 1.74 bits per heavy atom. The smallest absolute Gasteiger partial charge is 0.305 e. The van der Waals surface area contributed by atoms with Crippen molar-refractivity contribution < 1.29 is 38.1 Å². The van der Waals surface area contributed by atoms with Gasteiger partial charge in [0.25, 0.3) is 0 Å². The highest BCUT2D eigenvalue weighted by atomic mass is 16.7. The molecule has 1 rings (SSSR count). The van der Waals surface area contributed by atoms with Crippen molar-refractivity contribution in [1.29, 1.82) is 0 Å². The normalized spacial score (nSPS) is 30.0. The van der Waals surface area contributed by atoms with Gasteiger partial charge in [0.05, 0.1) is 6.10 Å². The third-order valence-corrected chi connectivity index (χ3v) is 3.04. The Morgan fingerprint density at radius 2 is 1.30 bits per heavy atom.